The van der Waals surface area contributed by atoms with Crippen LogP contribution in [0.5, 0.6) is 5.75 Å². The summed E-state index contributed by atoms with van der Waals surface area (Å²) in [6.07, 6.45) is 0.267. The molecule has 0 radical (unpaired) electrons. The Labute approximate surface area is 143 Å². The molecule has 24 heavy (non-hydrogen) atoms. The molecule has 0 heterocycles. The highest BCUT2D eigenvalue weighted by atomic mass is 35.5. The van der Waals surface area contributed by atoms with Crippen LogP contribution in [0.1, 0.15) is 22.3 Å². The lowest BCUT2D eigenvalue weighted by molar-refractivity contribution is -0.121. The molecule has 2 rings (SSSR count). The van der Waals surface area contributed by atoms with Crippen molar-refractivity contribution in [1.29, 1.82) is 0 Å². The van der Waals surface area contributed by atoms with Gasteiger partial charge in [-0.25, -0.2) is 4.39 Å². The fourth-order valence-electron chi connectivity index (χ4n) is 2.06. The molecule has 0 fully saturated rings. The highest BCUT2D eigenvalue weighted by Gasteiger charge is 2.14. The van der Waals surface area contributed by atoms with E-state index in [1.54, 1.807) is 30.3 Å². The summed E-state index contributed by atoms with van der Waals surface area (Å²) in [5.74, 6) is -1.03. The summed E-state index contributed by atoms with van der Waals surface area (Å²) < 4.78 is 18.5. The van der Waals surface area contributed by atoms with Crippen molar-refractivity contribution in [2.24, 2.45) is 0 Å². The SMILES string of the molecule is COc1ccc(Cl)cc1C(=O)NNC(=O)CCc1ccccc1F. The van der Waals surface area contributed by atoms with E-state index in [0.29, 0.717) is 16.3 Å². The van der Waals surface area contributed by atoms with Crippen molar-refractivity contribution in [2.45, 2.75) is 12.8 Å². The van der Waals surface area contributed by atoms with Gasteiger partial charge in [0.15, 0.2) is 0 Å². The van der Waals surface area contributed by atoms with Crippen molar-refractivity contribution >= 4 is 23.4 Å². The molecule has 5 nitrogen and oxygen atoms in total. The van der Waals surface area contributed by atoms with Gasteiger partial charge in [0.2, 0.25) is 5.91 Å². The molecular weight excluding hydrogens is 335 g/mol. The second-order valence-corrected chi connectivity index (χ2v) is 5.37. The van der Waals surface area contributed by atoms with Crippen LogP contribution >= 0.6 is 11.6 Å². The predicted molar refractivity (Wildman–Crippen MR) is 88.3 cm³/mol. The van der Waals surface area contributed by atoms with Crippen molar-refractivity contribution in [1.82, 2.24) is 10.9 Å². The summed E-state index contributed by atoms with van der Waals surface area (Å²) in [6.45, 7) is 0. The zero-order valence-corrected chi connectivity index (χ0v) is 13.7. The molecule has 2 aromatic rings. The lowest BCUT2D eigenvalue weighted by Gasteiger charge is -2.11. The van der Waals surface area contributed by atoms with Crippen LogP contribution in [0, 0.1) is 5.82 Å². The molecule has 0 unspecified atom stereocenters. The van der Waals surface area contributed by atoms with Gasteiger partial charge in [-0.2, -0.15) is 0 Å². The summed E-state index contributed by atoms with van der Waals surface area (Å²) in [5.41, 5.74) is 5.20. The molecule has 0 saturated carbocycles. The number of ether oxygens (including phenoxy) is 1. The van der Waals surface area contributed by atoms with E-state index in [1.807, 2.05) is 0 Å². The number of amides is 2. The maximum atomic E-state index is 13.5. The number of hydrogen-bond acceptors (Lipinski definition) is 3. The number of rotatable bonds is 5. The highest BCUT2D eigenvalue weighted by Crippen LogP contribution is 2.22. The Kier molecular flexibility index (Phi) is 6.14. The van der Waals surface area contributed by atoms with Gasteiger partial charge in [0.05, 0.1) is 12.7 Å². The summed E-state index contributed by atoms with van der Waals surface area (Å²) in [6, 6.07) is 10.8. The predicted octanol–water partition coefficient (Wildman–Crippen LogP) is 2.88. The van der Waals surface area contributed by atoms with E-state index in [1.165, 1.54) is 19.2 Å². The Morgan fingerprint density at radius 2 is 1.92 bits per heavy atom. The Balaban J connectivity index is 1.89. The fourth-order valence-corrected chi connectivity index (χ4v) is 2.24. The van der Waals surface area contributed by atoms with Crippen LogP contribution < -0.4 is 15.6 Å². The van der Waals surface area contributed by atoms with Gasteiger partial charge in [-0.15, -0.1) is 0 Å². The Bertz CT molecular complexity index is 752. The summed E-state index contributed by atoms with van der Waals surface area (Å²) >= 11 is 5.85. The maximum absolute atomic E-state index is 13.5. The Morgan fingerprint density at radius 3 is 2.62 bits per heavy atom. The Hall–Kier alpha value is -2.60. The molecular formula is C17H16ClFN2O3. The first-order valence-corrected chi connectivity index (χ1v) is 7.55. The monoisotopic (exact) mass is 350 g/mol. The van der Waals surface area contributed by atoms with Gasteiger partial charge in [0, 0.05) is 11.4 Å². The number of hydrazine groups is 1. The van der Waals surface area contributed by atoms with Gasteiger partial charge >= 0.3 is 0 Å². The fraction of sp³-hybridized carbons (Fsp3) is 0.176. The largest absolute Gasteiger partial charge is 0.496 e. The summed E-state index contributed by atoms with van der Waals surface area (Å²) in [5, 5.41) is 0.367. The molecule has 2 aromatic carbocycles. The van der Waals surface area contributed by atoms with Crippen LogP contribution in [0.2, 0.25) is 5.02 Å². The normalized spacial score (nSPS) is 10.1. The first kappa shape index (κ1) is 17.7. The molecule has 0 bridgehead atoms. The van der Waals surface area contributed by atoms with Crippen LogP contribution in [0.3, 0.4) is 0 Å². The maximum Gasteiger partial charge on any atom is 0.273 e. The molecule has 126 valence electrons. The average Bonchev–Trinajstić information content (AvgIpc) is 2.59. The highest BCUT2D eigenvalue weighted by molar-refractivity contribution is 6.31. The van der Waals surface area contributed by atoms with Crippen molar-refractivity contribution < 1.29 is 18.7 Å². The zero-order chi connectivity index (χ0) is 17.5. The second-order valence-electron chi connectivity index (χ2n) is 4.94. The van der Waals surface area contributed by atoms with Gasteiger partial charge in [0.25, 0.3) is 5.91 Å². The van der Waals surface area contributed by atoms with Gasteiger partial charge in [-0.1, -0.05) is 29.8 Å². The minimum absolute atomic E-state index is 0.0356. The zero-order valence-electron chi connectivity index (χ0n) is 12.9. The van der Waals surface area contributed by atoms with E-state index in [2.05, 4.69) is 10.9 Å². The molecule has 0 spiro atoms. The van der Waals surface area contributed by atoms with Gasteiger partial charge in [-0.3, -0.25) is 20.4 Å². The smallest absolute Gasteiger partial charge is 0.273 e. The van der Waals surface area contributed by atoms with Crippen molar-refractivity contribution in [2.75, 3.05) is 7.11 Å². The van der Waals surface area contributed by atoms with Crippen molar-refractivity contribution in [3.8, 4) is 5.75 Å². The molecule has 0 aliphatic carbocycles. The molecule has 0 aliphatic heterocycles. The molecule has 0 atom stereocenters. The summed E-state index contributed by atoms with van der Waals surface area (Å²) in [7, 11) is 1.42. The van der Waals surface area contributed by atoms with Crippen LogP contribution in [0.4, 0.5) is 4.39 Å². The number of hydrogen-bond donors (Lipinski definition) is 2. The number of halogens is 2. The van der Waals surface area contributed by atoms with Gasteiger partial charge < -0.3 is 4.74 Å². The van der Waals surface area contributed by atoms with Crippen LogP contribution in [-0.2, 0) is 11.2 Å². The van der Waals surface area contributed by atoms with E-state index < -0.39 is 11.8 Å². The second kappa shape index (κ2) is 8.31. The quantitative estimate of drug-likeness (QED) is 0.815. The lowest BCUT2D eigenvalue weighted by Crippen LogP contribution is -2.41. The molecule has 7 heteroatoms. The third-order valence-corrected chi connectivity index (χ3v) is 3.54. The van der Waals surface area contributed by atoms with E-state index in [9.17, 15) is 14.0 Å². The summed E-state index contributed by atoms with van der Waals surface area (Å²) in [4.78, 5) is 23.9. The average molecular weight is 351 g/mol. The van der Waals surface area contributed by atoms with E-state index in [-0.39, 0.29) is 24.2 Å². The van der Waals surface area contributed by atoms with E-state index in [0.717, 1.165) is 0 Å². The Morgan fingerprint density at radius 1 is 1.17 bits per heavy atom. The van der Waals surface area contributed by atoms with E-state index >= 15 is 0 Å². The standard InChI is InChI=1S/C17H16ClFN2O3/c1-24-15-8-7-12(18)10-13(15)17(23)21-20-16(22)9-6-11-4-2-3-5-14(11)19/h2-5,7-8,10H,6,9H2,1H3,(H,20,22)(H,21,23). The first-order valence-electron chi connectivity index (χ1n) is 7.17. The minimum Gasteiger partial charge on any atom is -0.496 e. The minimum atomic E-state index is -0.561. The van der Waals surface area contributed by atoms with Gasteiger partial charge in [-0.05, 0) is 36.2 Å². The number of carbonyl (C=O) groups is 2. The lowest BCUT2D eigenvalue weighted by atomic mass is 10.1. The number of carbonyl (C=O) groups excluding carboxylic acids is 2. The van der Waals surface area contributed by atoms with Crippen molar-refractivity contribution in [3.05, 3.63) is 64.4 Å². The number of benzene rings is 2. The third kappa shape index (κ3) is 4.70. The topological polar surface area (TPSA) is 67.4 Å². The number of aryl methyl sites for hydroxylation is 1. The number of nitrogens with one attached hydrogen (secondary N) is 2. The molecule has 0 aliphatic rings. The third-order valence-electron chi connectivity index (χ3n) is 3.30. The number of methoxy groups -OCH3 is 1. The van der Waals surface area contributed by atoms with Crippen LogP contribution in [0.25, 0.3) is 0 Å². The molecule has 0 aromatic heterocycles. The molecule has 0 saturated heterocycles. The molecule has 2 amide bonds. The van der Waals surface area contributed by atoms with Crippen LogP contribution in [0.15, 0.2) is 42.5 Å². The molecule has 2 N–H and O–H groups in total. The van der Waals surface area contributed by atoms with E-state index in [4.69, 9.17) is 16.3 Å². The van der Waals surface area contributed by atoms with Crippen molar-refractivity contribution in [3.63, 3.8) is 0 Å². The van der Waals surface area contributed by atoms with Crippen LogP contribution in [-0.4, -0.2) is 18.9 Å². The first-order chi connectivity index (χ1) is 11.5. The van der Waals surface area contributed by atoms with Gasteiger partial charge in [0.1, 0.15) is 11.6 Å².